The molecule has 1 aromatic heterocycles. The van der Waals surface area contributed by atoms with Crippen molar-refractivity contribution in [1.29, 1.82) is 0 Å². The molecule has 1 heterocycles. The summed E-state index contributed by atoms with van der Waals surface area (Å²) in [4.78, 5) is 7.57. The van der Waals surface area contributed by atoms with Crippen molar-refractivity contribution in [2.75, 3.05) is 33.9 Å². The van der Waals surface area contributed by atoms with Crippen LogP contribution < -0.4 is 15.4 Å². The monoisotopic (exact) mass is 508 g/mol. The summed E-state index contributed by atoms with van der Waals surface area (Å²) >= 11 is 0. The predicted molar refractivity (Wildman–Crippen MR) is 129 cm³/mol. The number of aromatic amines is 1. The molecular weight excluding hydrogens is 479 g/mol. The van der Waals surface area contributed by atoms with E-state index in [2.05, 4.69) is 45.0 Å². The van der Waals surface area contributed by atoms with E-state index >= 15 is 0 Å². The van der Waals surface area contributed by atoms with E-state index < -0.39 is 0 Å². The fraction of sp³-hybridized carbons (Fsp3) is 0.318. The summed E-state index contributed by atoms with van der Waals surface area (Å²) in [5, 5.41) is 7.90. The maximum Gasteiger partial charge on any atom is 0.191 e. The molecule has 0 saturated heterocycles. The number of para-hydroxylation sites is 2. The molecule has 0 fully saturated rings. The van der Waals surface area contributed by atoms with E-state index in [9.17, 15) is 0 Å². The Morgan fingerprint density at radius 2 is 1.76 bits per heavy atom. The molecule has 0 aliphatic rings. The number of benzene rings is 2. The molecular formula is C22H29IN4O2. The van der Waals surface area contributed by atoms with Gasteiger partial charge in [-0.25, -0.2) is 0 Å². The maximum atomic E-state index is 5.74. The Morgan fingerprint density at radius 1 is 1.00 bits per heavy atom. The molecule has 0 aliphatic heterocycles. The van der Waals surface area contributed by atoms with E-state index in [1.807, 2.05) is 30.3 Å². The van der Waals surface area contributed by atoms with Crippen molar-refractivity contribution < 1.29 is 9.47 Å². The fourth-order valence-electron chi connectivity index (χ4n) is 3.12. The molecule has 3 N–H and O–H groups in total. The molecule has 0 aliphatic carbocycles. The lowest BCUT2D eigenvalue weighted by Crippen LogP contribution is -2.39. The van der Waals surface area contributed by atoms with Crippen molar-refractivity contribution in [3.63, 3.8) is 0 Å². The molecule has 0 bridgehead atoms. The van der Waals surface area contributed by atoms with Crippen LogP contribution in [-0.2, 0) is 17.8 Å². The Balaban J connectivity index is 0.00000300. The highest BCUT2D eigenvalue weighted by atomic mass is 127. The van der Waals surface area contributed by atoms with Crippen molar-refractivity contribution in [1.82, 2.24) is 15.6 Å². The summed E-state index contributed by atoms with van der Waals surface area (Å²) in [5.74, 6) is 1.63. The largest absolute Gasteiger partial charge is 0.496 e. The highest BCUT2D eigenvalue weighted by Crippen LogP contribution is 2.18. The lowest BCUT2D eigenvalue weighted by atomic mass is 10.1. The summed E-state index contributed by atoms with van der Waals surface area (Å²) in [6.45, 7) is 2.60. The summed E-state index contributed by atoms with van der Waals surface area (Å²) in [6.07, 6.45) is 3.00. The Bertz CT molecular complexity index is 910. The first-order chi connectivity index (χ1) is 13.8. The Kier molecular flexibility index (Phi) is 9.79. The van der Waals surface area contributed by atoms with Crippen LogP contribution in [0.1, 0.15) is 11.1 Å². The van der Waals surface area contributed by atoms with E-state index in [0.29, 0.717) is 19.8 Å². The Morgan fingerprint density at radius 3 is 2.59 bits per heavy atom. The number of methoxy groups -OCH3 is 1. The molecule has 0 atom stereocenters. The van der Waals surface area contributed by atoms with Crippen molar-refractivity contribution in [3.05, 3.63) is 65.9 Å². The third kappa shape index (κ3) is 6.64. The minimum atomic E-state index is 0. The summed E-state index contributed by atoms with van der Waals surface area (Å²) in [6, 6.07) is 16.2. The molecule has 0 saturated carbocycles. The van der Waals surface area contributed by atoms with Gasteiger partial charge in [0, 0.05) is 42.8 Å². The number of H-pyrrole nitrogens is 1. The first kappa shape index (κ1) is 23.0. The molecule has 0 amide bonds. The van der Waals surface area contributed by atoms with Gasteiger partial charge in [-0.2, -0.15) is 0 Å². The van der Waals surface area contributed by atoms with Crippen LogP contribution in [0.3, 0.4) is 0 Å². The van der Waals surface area contributed by atoms with Gasteiger partial charge in [0.15, 0.2) is 5.96 Å². The zero-order valence-electron chi connectivity index (χ0n) is 16.9. The number of guanidine groups is 1. The normalized spacial score (nSPS) is 11.2. The Labute approximate surface area is 189 Å². The molecule has 7 heteroatoms. The summed E-state index contributed by atoms with van der Waals surface area (Å²) in [5.41, 5.74) is 3.53. The minimum absolute atomic E-state index is 0. The van der Waals surface area contributed by atoms with Gasteiger partial charge in [0.05, 0.1) is 20.3 Å². The van der Waals surface area contributed by atoms with Crippen molar-refractivity contribution >= 4 is 40.8 Å². The number of nitrogens with zero attached hydrogens (tertiary/aromatic N) is 1. The summed E-state index contributed by atoms with van der Waals surface area (Å²) in [7, 11) is 3.45. The predicted octanol–water partition coefficient (Wildman–Crippen LogP) is 3.72. The zero-order chi connectivity index (χ0) is 19.6. The van der Waals surface area contributed by atoms with Gasteiger partial charge in [-0.1, -0.05) is 36.4 Å². The SMILES string of the molecule is CN=C(NCCOCc1ccccc1OC)NCCc1c[nH]c2ccccc12.I. The second-order valence-corrected chi connectivity index (χ2v) is 6.40. The van der Waals surface area contributed by atoms with Crippen molar-refractivity contribution in [2.45, 2.75) is 13.0 Å². The third-order valence-electron chi connectivity index (χ3n) is 4.57. The highest BCUT2D eigenvalue weighted by Gasteiger charge is 2.04. The van der Waals surface area contributed by atoms with E-state index in [4.69, 9.17) is 9.47 Å². The summed E-state index contributed by atoms with van der Waals surface area (Å²) < 4.78 is 11.1. The smallest absolute Gasteiger partial charge is 0.191 e. The molecule has 6 nitrogen and oxygen atoms in total. The van der Waals surface area contributed by atoms with Crippen LogP contribution in [0.25, 0.3) is 10.9 Å². The average Bonchev–Trinajstić information content (AvgIpc) is 3.15. The first-order valence-corrected chi connectivity index (χ1v) is 9.51. The van der Waals surface area contributed by atoms with Gasteiger partial charge in [-0.05, 0) is 24.1 Å². The van der Waals surface area contributed by atoms with E-state index in [1.165, 1.54) is 16.5 Å². The first-order valence-electron chi connectivity index (χ1n) is 9.51. The van der Waals surface area contributed by atoms with Gasteiger partial charge in [0.1, 0.15) is 5.75 Å². The van der Waals surface area contributed by atoms with Crippen LogP contribution in [0.5, 0.6) is 5.75 Å². The van der Waals surface area contributed by atoms with Gasteiger partial charge in [-0.3, -0.25) is 4.99 Å². The molecule has 156 valence electrons. The number of aromatic nitrogens is 1. The minimum Gasteiger partial charge on any atom is -0.496 e. The van der Waals surface area contributed by atoms with Crippen LogP contribution in [-0.4, -0.2) is 44.8 Å². The fourth-order valence-corrected chi connectivity index (χ4v) is 3.12. The Hall–Kier alpha value is -2.26. The molecule has 0 radical (unpaired) electrons. The third-order valence-corrected chi connectivity index (χ3v) is 4.57. The van der Waals surface area contributed by atoms with Crippen molar-refractivity contribution in [2.24, 2.45) is 4.99 Å². The topological polar surface area (TPSA) is 70.7 Å². The number of nitrogens with one attached hydrogen (secondary N) is 3. The van der Waals surface area contributed by atoms with Gasteiger partial charge < -0.3 is 25.1 Å². The van der Waals surface area contributed by atoms with Gasteiger partial charge >= 0.3 is 0 Å². The number of hydrogen-bond donors (Lipinski definition) is 3. The van der Waals surface area contributed by atoms with Crippen LogP contribution in [0.2, 0.25) is 0 Å². The highest BCUT2D eigenvalue weighted by molar-refractivity contribution is 14.0. The maximum absolute atomic E-state index is 5.74. The van der Waals surface area contributed by atoms with E-state index in [1.54, 1.807) is 14.2 Å². The molecule has 0 spiro atoms. The molecule has 2 aromatic carbocycles. The second-order valence-electron chi connectivity index (χ2n) is 6.40. The number of aliphatic imine (C=N–C) groups is 1. The molecule has 3 rings (SSSR count). The number of halogens is 1. The van der Waals surface area contributed by atoms with Crippen LogP contribution in [0.15, 0.2) is 59.7 Å². The number of ether oxygens (including phenoxy) is 2. The van der Waals surface area contributed by atoms with Gasteiger partial charge in [0.2, 0.25) is 0 Å². The van der Waals surface area contributed by atoms with Crippen LogP contribution >= 0.6 is 24.0 Å². The lowest BCUT2D eigenvalue weighted by Gasteiger charge is -2.12. The average molecular weight is 508 g/mol. The zero-order valence-corrected chi connectivity index (χ0v) is 19.2. The quantitative estimate of drug-likeness (QED) is 0.178. The van der Waals surface area contributed by atoms with Gasteiger partial charge in [-0.15, -0.1) is 24.0 Å². The molecule has 0 unspecified atom stereocenters. The van der Waals surface area contributed by atoms with Crippen LogP contribution in [0.4, 0.5) is 0 Å². The van der Waals surface area contributed by atoms with Crippen LogP contribution in [0, 0.1) is 0 Å². The number of rotatable bonds is 9. The van der Waals surface area contributed by atoms with E-state index in [0.717, 1.165) is 30.2 Å². The molecule has 3 aromatic rings. The van der Waals surface area contributed by atoms with Crippen molar-refractivity contribution in [3.8, 4) is 5.75 Å². The second kappa shape index (κ2) is 12.3. The van der Waals surface area contributed by atoms with E-state index in [-0.39, 0.29) is 24.0 Å². The number of hydrogen-bond acceptors (Lipinski definition) is 3. The molecule has 29 heavy (non-hydrogen) atoms. The lowest BCUT2D eigenvalue weighted by molar-refractivity contribution is 0.123. The number of fused-ring (bicyclic) bond motifs is 1. The van der Waals surface area contributed by atoms with Gasteiger partial charge in [0.25, 0.3) is 0 Å². The standard InChI is InChI=1S/C22H28N4O2.HI/c1-23-22(24-12-11-17-15-26-20-9-5-4-8-19(17)20)25-13-14-28-16-18-7-3-6-10-21(18)27-2;/h3-10,15,26H,11-14,16H2,1-2H3,(H2,23,24,25);1H.